The molecule has 1 aromatic carbocycles. The number of nitrogens with one attached hydrogen (secondary N) is 3. The second kappa shape index (κ2) is 7.32. The quantitative estimate of drug-likeness (QED) is 0.756. The number of halogens is 1. The highest BCUT2D eigenvalue weighted by molar-refractivity contribution is 7.92. The molecular weight excluding hydrogens is 290 g/mol. The van der Waals surface area contributed by atoms with Gasteiger partial charge in [-0.05, 0) is 31.7 Å². The Bertz CT molecular complexity index is 546. The van der Waals surface area contributed by atoms with Gasteiger partial charge >= 0.3 is 0 Å². The van der Waals surface area contributed by atoms with Crippen molar-refractivity contribution >= 4 is 39.7 Å². The summed E-state index contributed by atoms with van der Waals surface area (Å²) < 4.78 is 24.8. The minimum Gasteiger partial charge on any atom is -0.323 e. The number of likely N-dealkylation sites (N-methyl/N-ethyl adjacent to an activating group) is 1. The third-order valence-electron chi connectivity index (χ3n) is 2.08. The van der Waals surface area contributed by atoms with Crippen LogP contribution in [0.2, 0.25) is 0 Å². The highest BCUT2D eigenvalue weighted by Gasteiger charge is 2.10. The van der Waals surface area contributed by atoms with Gasteiger partial charge in [0.05, 0.1) is 24.2 Å². The van der Waals surface area contributed by atoms with Crippen LogP contribution in [0.15, 0.2) is 18.2 Å². The maximum absolute atomic E-state index is 11.5. The van der Waals surface area contributed by atoms with Crippen molar-refractivity contribution in [2.45, 2.75) is 6.92 Å². The van der Waals surface area contributed by atoms with Crippen LogP contribution in [0.1, 0.15) is 5.56 Å². The lowest BCUT2D eigenvalue weighted by molar-refractivity contribution is -0.115. The largest absolute Gasteiger partial charge is 0.323 e. The van der Waals surface area contributed by atoms with Crippen molar-refractivity contribution in [3.8, 4) is 0 Å². The third kappa shape index (κ3) is 6.42. The zero-order valence-electron chi connectivity index (χ0n) is 11.0. The highest BCUT2D eigenvalue weighted by atomic mass is 35.5. The summed E-state index contributed by atoms with van der Waals surface area (Å²) in [6.07, 6.45) is 1.06. The van der Waals surface area contributed by atoms with Gasteiger partial charge in [0.1, 0.15) is 0 Å². The molecule has 0 unspecified atom stereocenters. The van der Waals surface area contributed by atoms with E-state index in [-0.39, 0.29) is 24.9 Å². The Hall–Kier alpha value is -1.31. The van der Waals surface area contributed by atoms with Crippen LogP contribution >= 0.6 is 12.4 Å². The lowest BCUT2D eigenvalue weighted by Crippen LogP contribution is -2.25. The van der Waals surface area contributed by atoms with Gasteiger partial charge in [-0.15, -0.1) is 12.4 Å². The normalized spacial score (nSPS) is 10.5. The van der Waals surface area contributed by atoms with Crippen molar-refractivity contribution in [2.24, 2.45) is 0 Å². The van der Waals surface area contributed by atoms with Crippen LogP contribution in [0.25, 0.3) is 0 Å². The zero-order chi connectivity index (χ0) is 13.8. The summed E-state index contributed by atoms with van der Waals surface area (Å²) in [6.45, 7) is 2.02. The van der Waals surface area contributed by atoms with Gasteiger partial charge in [-0.2, -0.15) is 0 Å². The summed E-state index contributed by atoms with van der Waals surface area (Å²) in [7, 11) is -1.72. The summed E-state index contributed by atoms with van der Waals surface area (Å²) >= 11 is 0. The topological polar surface area (TPSA) is 87.3 Å². The van der Waals surface area contributed by atoms with E-state index in [1.54, 1.807) is 25.2 Å². The van der Waals surface area contributed by atoms with Crippen molar-refractivity contribution < 1.29 is 13.2 Å². The Morgan fingerprint density at radius 2 is 1.89 bits per heavy atom. The van der Waals surface area contributed by atoms with Crippen LogP contribution in [0, 0.1) is 6.92 Å². The van der Waals surface area contributed by atoms with Gasteiger partial charge < -0.3 is 10.6 Å². The summed E-state index contributed by atoms with van der Waals surface area (Å²) in [6, 6.07) is 5.09. The molecule has 1 amide bonds. The number of carbonyl (C=O) groups excluding carboxylic acids is 1. The Morgan fingerprint density at radius 1 is 1.26 bits per heavy atom. The first-order chi connectivity index (χ1) is 8.31. The fourth-order valence-electron chi connectivity index (χ4n) is 1.41. The van der Waals surface area contributed by atoms with Crippen LogP contribution in [0.4, 0.5) is 11.4 Å². The first-order valence-corrected chi connectivity index (χ1v) is 7.24. The van der Waals surface area contributed by atoms with Crippen LogP contribution in [-0.2, 0) is 14.8 Å². The van der Waals surface area contributed by atoms with Crippen molar-refractivity contribution in [1.82, 2.24) is 5.32 Å². The number of carbonyl (C=O) groups is 1. The highest BCUT2D eigenvalue weighted by Crippen LogP contribution is 2.23. The average molecular weight is 308 g/mol. The van der Waals surface area contributed by atoms with E-state index in [0.29, 0.717) is 11.4 Å². The molecule has 0 aromatic heterocycles. The Balaban J connectivity index is 0.00000324. The fraction of sp³-hybridized carbons (Fsp3) is 0.364. The summed E-state index contributed by atoms with van der Waals surface area (Å²) in [5, 5.41) is 5.37. The lowest BCUT2D eigenvalue weighted by atomic mass is 10.2. The first-order valence-electron chi connectivity index (χ1n) is 5.34. The van der Waals surface area contributed by atoms with E-state index in [4.69, 9.17) is 0 Å². The van der Waals surface area contributed by atoms with E-state index in [2.05, 4.69) is 15.4 Å². The number of benzene rings is 1. The minimum absolute atomic E-state index is 0. The molecule has 0 aliphatic rings. The molecule has 19 heavy (non-hydrogen) atoms. The van der Waals surface area contributed by atoms with E-state index >= 15 is 0 Å². The molecule has 108 valence electrons. The molecule has 0 saturated heterocycles. The van der Waals surface area contributed by atoms with Gasteiger partial charge in [-0.25, -0.2) is 8.42 Å². The molecule has 0 aliphatic carbocycles. The number of hydrogen-bond acceptors (Lipinski definition) is 4. The van der Waals surface area contributed by atoms with E-state index in [1.807, 2.05) is 6.92 Å². The molecule has 0 saturated carbocycles. The van der Waals surface area contributed by atoms with Gasteiger partial charge in [-0.3, -0.25) is 9.52 Å². The molecule has 0 fully saturated rings. The summed E-state index contributed by atoms with van der Waals surface area (Å²) in [5.74, 6) is -0.236. The van der Waals surface area contributed by atoms with Crippen molar-refractivity contribution in [1.29, 1.82) is 0 Å². The second-order valence-electron chi connectivity index (χ2n) is 4.00. The van der Waals surface area contributed by atoms with Crippen LogP contribution in [0.3, 0.4) is 0 Å². The van der Waals surface area contributed by atoms with E-state index in [9.17, 15) is 13.2 Å². The maximum atomic E-state index is 11.5. The number of aryl methyl sites for hydroxylation is 1. The van der Waals surface area contributed by atoms with Crippen LogP contribution in [0.5, 0.6) is 0 Å². The standard InChI is InChI=1S/C11H17N3O3S.ClH/c1-8-4-5-9(14-18(3,16)17)10(6-8)13-11(15)7-12-2;/h4-6,12,14H,7H2,1-3H3,(H,13,15);1H. The first kappa shape index (κ1) is 17.7. The lowest BCUT2D eigenvalue weighted by Gasteiger charge is -2.12. The van der Waals surface area contributed by atoms with Crippen molar-refractivity contribution in [3.05, 3.63) is 23.8 Å². The monoisotopic (exact) mass is 307 g/mol. The van der Waals surface area contributed by atoms with Gasteiger partial charge in [0.25, 0.3) is 0 Å². The molecule has 8 heteroatoms. The van der Waals surface area contributed by atoms with E-state index in [1.165, 1.54) is 0 Å². The number of sulfonamides is 1. The number of anilines is 2. The van der Waals surface area contributed by atoms with E-state index < -0.39 is 10.0 Å². The minimum atomic E-state index is -3.38. The van der Waals surface area contributed by atoms with E-state index in [0.717, 1.165) is 11.8 Å². The molecule has 1 aromatic rings. The second-order valence-corrected chi connectivity index (χ2v) is 5.75. The Labute approximate surface area is 119 Å². The molecule has 0 atom stereocenters. The van der Waals surface area contributed by atoms with Crippen LogP contribution < -0.4 is 15.4 Å². The smallest absolute Gasteiger partial charge is 0.238 e. The summed E-state index contributed by atoms with van der Waals surface area (Å²) in [4.78, 5) is 11.5. The predicted octanol–water partition coefficient (Wildman–Crippen LogP) is 0.946. The van der Waals surface area contributed by atoms with Gasteiger partial charge in [0, 0.05) is 0 Å². The Kier molecular flexibility index (Phi) is 6.82. The molecule has 6 nitrogen and oxygen atoms in total. The average Bonchev–Trinajstić information content (AvgIpc) is 2.20. The fourth-order valence-corrected chi connectivity index (χ4v) is 1.98. The summed E-state index contributed by atoms with van der Waals surface area (Å²) in [5.41, 5.74) is 1.72. The molecule has 3 N–H and O–H groups in total. The molecule has 0 spiro atoms. The van der Waals surface area contributed by atoms with Gasteiger partial charge in [0.2, 0.25) is 15.9 Å². The maximum Gasteiger partial charge on any atom is 0.238 e. The zero-order valence-corrected chi connectivity index (χ0v) is 12.6. The number of amides is 1. The van der Waals surface area contributed by atoms with Crippen molar-refractivity contribution in [3.63, 3.8) is 0 Å². The molecule has 0 heterocycles. The third-order valence-corrected chi connectivity index (χ3v) is 2.67. The van der Waals surface area contributed by atoms with Gasteiger partial charge in [-0.1, -0.05) is 6.07 Å². The van der Waals surface area contributed by atoms with Gasteiger partial charge in [0.15, 0.2) is 0 Å². The SMILES string of the molecule is CNCC(=O)Nc1cc(C)ccc1NS(C)(=O)=O.Cl. The number of rotatable bonds is 5. The molecule has 0 aliphatic heterocycles. The van der Waals surface area contributed by atoms with Crippen LogP contribution in [-0.4, -0.2) is 34.2 Å². The molecule has 0 radical (unpaired) electrons. The molecular formula is C11H18ClN3O3S. The predicted molar refractivity (Wildman–Crippen MR) is 79.4 cm³/mol. The van der Waals surface area contributed by atoms with Crippen molar-refractivity contribution in [2.75, 3.05) is 29.9 Å². The Morgan fingerprint density at radius 3 is 2.42 bits per heavy atom. The molecule has 1 rings (SSSR count). The number of hydrogen-bond donors (Lipinski definition) is 3. The molecule has 0 bridgehead atoms.